The Bertz CT molecular complexity index is 455. The van der Waals surface area contributed by atoms with Crippen LogP contribution in [0.25, 0.3) is 0 Å². The van der Waals surface area contributed by atoms with Gasteiger partial charge in [-0.1, -0.05) is 0 Å². The topological polar surface area (TPSA) is 74.6 Å². The van der Waals surface area contributed by atoms with Gasteiger partial charge in [0.15, 0.2) is 0 Å². The summed E-state index contributed by atoms with van der Waals surface area (Å²) in [6.45, 7) is 3.15. The molecule has 0 bridgehead atoms. The monoisotopic (exact) mass is 206 g/mol. The summed E-state index contributed by atoms with van der Waals surface area (Å²) < 4.78 is 3.62. The van der Waals surface area contributed by atoms with Crippen molar-refractivity contribution < 1.29 is 0 Å². The molecule has 0 unspecified atom stereocenters. The van der Waals surface area contributed by atoms with Crippen molar-refractivity contribution in [2.45, 2.75) is 20.0 Å². The molecule has 2 heterocycles. The first-order valence-electron chi connectivity index (χ1n) is 4.76. The van der Waals surface area contributed by atoms with Crippen LogP contribution in [0.2, 0.25) is 0 Å². The maximum absolute atomic E-state index is 5.58. The molecule has 0 aliphatic rings. The third-order valence-electron chi connectivity index (χ3n) is 2.52. The Balaban J connectivity index is 2.25. The van der Waals surface area contributed by atoms with Crippen LogP contribution in [-0.4, -0.2) is 24.5 Å². The molecule has 0 amide bonds. The van der Waals surface area contributed by atoms with Gasteiger partial charge in [0.1, 0.15) is 18.7 Å². The molecule has 0 aliphatic carbocycles. The van der Waals surface area contributed by atoms with Gasteiger partial charge in [-0.05, 0) is 6.92 Å². The van der Waals surface area contributed by atoms with Gasteiger partial charge < -0.3 is 5.73 Å². The second-order valence-electron chi connectivity index (χ2n) is 3.42. The third kappa shape index (κ3) is 1.75. The maximum atomic E-state index is 5.58. The number of nitrogens with zero attached hydrogens (tertiary/aromatic N) is 5. The van der Waals surface area contributed by atoms with Crippen LogP contribution >= 0.6 is 0 Å². The highest BCUT2D eigenvalue weighted by molar-refractivity contribution is 5.16. The van der Waals surface area contributed by atoms with E-state index in [1.165, 1.54) is 6.33 Å². The van der Waals surface area contributed by atoms with E-state index in [0.29, 0.717) is 13.1 Å². The molecule has 2 N–H and O–H groups in total. The zero-order chi connectivity index (χ0) is 10.8. The summed E-state index contributed by atoms with van der Waals surface area (Å²) in [5.41, 5.74) is 7.73. The Labute approximate surface area is 87.7 Å². The van der Waals surface area contributed by atoms with Gasteiger partial charge in [0.05, 0.1) is 6.20 Å². The molecule has 2 aromatic rings. The molecule has 0 spiro atoms. The molecule has 0 aliphatic heterocycles. The quantitative estimate of drug-likeness (QED) is 0.756. The van der Waals surface area contributed by atoms with Crippen LogP contribution in [0.5, 0.6) is 0 Å². The molecule has 0 fully saturated rings. The first-order valence-corrected chi connectivity index (χ1v) is 4.76. The molecular formula is C9H14N6. The lowest BCUT2D eigenvalue weighted by Gasteiger charge is -2.04. The van der Waals surface area contributed by atoms with Crippen molar-refractivity contribution in [3.05, 3.63) is 29.6 Å². The minimum Gasteiger partial charge on any atom is -0.326 e. The molecule has 0 atom stereocenters. The molecule has 0 aromatic carbocycles. The van der Waals surface area contributed by atoms with Crippen LogP contribution in [0.3, 0.4) is 0 Å². The largest absolute Gasteiger partial charge is 0.326 e. The number of hydrogen-bond donors (Lipinski definition) is 1. The van der Waals surface area contributed by atoms with Crippen molar-refractivity contribution in [2.75, 3.05) is 0 Å². The first kappa shape index (κ1) is 9.85. The van der Waals surface area contributed by atoms with Crippen LogP contribution in [0.15, 0.2) is 12.5 Å². The molecule has 80 valence electrons. The van der Waals surface area contributed by atoms with Crippen LogP contribution in [0, 0.1) is 6.92 Å². The summed E-state index contributed by atoms with van der Waals surface area (Å²) in [6, 6.07) is 0. The Hall–Kier alpha value is -1.69. The summed E-state index contributed by atoms with van der Waals surface area (Å²) >= 11 is 0. The summed E-state index contributed by atoms with van der Waals surface area (Å²) in [6.07, 6.45) is 3.34. The van der Waals surface area contributed by atoms with Crippen LogP contribution in [0.1, 0.15) is 17.1 Å². The SMILES string of the molecule is Cc1c(CN)cnn1Cc1ncnn1C. The van der Waals surface area contributed by atoms with Gasteiger partial charge in [-0.15, -0.1) is 0 Å². The lowest BCUT2D eigenvalue weighted by atomic mass is 10.3. The van der Waals surface area contributed by atoms with E-state index in [9.17, 15) is 0 Å². The van der Waals surface area contributed by atoms with Crippen LogP contribution in [-0.2, 0) is 20.1 Å². The molecule has 2 aromatic heterocycles. The van der Waals surface area contributed by atoms with Gasteiger partial charge in [-0.2, -0.15) is 10.2 Å². The number of hydrogen-bond acceptors (Lipinski definition) is 4. The average Bonchev–Trinajstić information content (AvgIpc) is 2.77. The highest BCUT2D eigenvalue weighted by atomic mass is 15.4. The van der Waals surface area contributed by atoms with Crippen LogP contribution in [0.4, 0.5) is 0 Å². The van der Waals surface area contributed by atoms with Gasteiger partial charge >= 0.3 is 0 Å². The predicted molar refractivity (Wildman–Crippen MR) is 55.0 cm³/mol. The highest BCUT2D eigenvalue weighted by Gasteiger charge is 2.07. The predicted octanol–water partition coefficient (Wildman–Crippen LogP) is -0.173. The van der Waals surface area contributed by atoms with E-state index in [1.807, 2.05) is 18.7 Å². The van der Waals surface area contributed by atoms with Gasteiger partial charge in [-0.3, -0.25) is 9.36 Å². The van der Waals surface area contributed by atoms with E-state index in [0.717, 1.165) is 17.1 Å². The van der Waals surface area contributed by atoms with E-state index < -0.39 is 0 Å². The number of rotatable bonds is 3. The normalized spacial score (nSPS) is 10.9. The standard InChI is InChI=1S/C9H14N6/c1-7-8(3-10)4-12-15(7)5-9-11-6-13-14(9)2/h4,6H,3,5,10H2,1-2H3. The fourth-order valence-electron chi connectivity index (χ4n) is 1.44. The molecule has 0 radical (unpaired) electrons. The van der Waals surface area contributed by atoms with Gasteiger partial charge in [0.2, 0.25) is 0 Å². The summed E-state index contributed by atoms with van der Waals surface area (Å²) in [5, 5.41) is 8.27. The van der Waals surface area contributed by atoms with Gasteiger partial charge in [0, 0.05) is 24.8 Å². The smallest absolute Gasteiger partial charge is 0.148 e. The molecule has 6 nitrogen and oxygen atoms in total. The van der Waals surface area contributed by atoms with Crippen molar-refractivity contribution in [2.24, 2.45) is 12.8 Å². The number of aromatic nitrogens is 5. The number of nitrogens with two attached hydrogens (primary N) is 1. The minimum atomic E-state index is 0.519. The molecule has 2 rings (SSSR count). The third-order valence-corrected chi connectivity index (χ3v) is 2.52. The second-order valence-corrected chi connectivity index (χ2v) is 3.42. The lowest BCUT2D eigenvalue weighted by Crippen LogP contribution is -2.10. The van der Waals surface area contributed by atoms with E-state index in [4.69, 9.17) is 5.73 Å². The fourth-order valence-corrected chi connectivity index (χ4v) is 1.44. The van der Waals surface area contributed by atoms with Crippen molar-refractivity contribution >= 4 is 0 Å². The van der Waals surface area contributed by atoms with Crippen molar-refractivity contribution in [3.8, 4) is 0 Å². The molecule has 0 saturated carbocycles. The van der Waals surface area contributed by atoms with E-state index >= 15 is 0 Å². The zero-order valence-corrected chi connectivity index (χ0v) is 8.88. The van der Waals surface area contributed by atoms with Gasteiger partial charge in [-0.25, -0.2) is 4.98 Å². The molecule has 15 heavy (non-hydrogen) atoms. The van der Waals surface area contributed by atoms with Crippen LogP contribution < -0.4 is 5.73 Å². The van der Waals surface area contributed by atoms with Crippen molar-refractivity contribution in [1.29, 1.82) is 0 Å². The van der Waals surface area contributed by atoms with Crippen molar-refractivity contribution in [3.63, 3.8) is 0 Å². The Morgan fingerprint density at radius 2 is 2.20 bits per heavy atom. The van der Waals surface area contributed by atoms with E-state index in [2.05, 4.69) is 15.2 Å². The van der Waals surface area contributed by atoms with Gasteiger partial charge in [0.25, 0.3) is 0 Å². The van der Waals surface area contributed by atoms with E-state index in [1.54, 1.807) is 10.9 Å². The average molecular weight is 206 g/mol. The highest BCUT2D eigenvalue weighted by Crippen LogP contribution is 2.07. The minimum absolute atomic E-state index is 0.519. The summed E-state index contributed by atoms with van der Waals surface area (Å²) in [5.74, 6) is 0.879. The molecular weight excluding hydrogens is 192 g/mol. The van der Waals surface area contributed by atoms with Crippen molar-refractivity contribution in [1.82, 2.24) is 24.5 Å². The molecule has 0 saturated heterocycles. The second kappa shape index (κ2) is 3.82. The fraction of sp³-hybridized carbons (Fsp3) is 0.444. The van der Waals surface area contributed by atoms with E-state index in [-0.39, 0.29) is 0 Å². The summed E-state index contributed by atoms with van der Waals surface area (Å²) in [7, 11) is 1.87. The Kier molecular flexibility index (Phi) is 2.51. The Morgan fingerprint density at radius 1 is 1.40 bits per heavy atom. The zero-order valence-electron chi connectivity index (χ0n) is 8.88. The summed E-state index contributed by atoms with van der Waals surface area (Å²) in [4.78, 5) is 4.15. The Morgan fingerprint density at radius 3 is 2.73 bits per heavy atom. The molecule has 6 heteroatoms. The first-order chi connectivity index (χ1) is 7.22. The maximum Gasteiger partial charge on any atom is 0.148 e. The number of aryl methyl sites for hydroxylation is 1. The lowest BCUT2D eigenvalue weighted by molar-refractivity contribution is 0.595.